The molecule has 1 N–H and O–H groups in total. The monoisotopic (exact) mass is 486 g/mol. The van der Waals surface area contributed by atoms with E-state index in [0.29, 0.717) is 0 Å². The van der Waals surface area contributed by atoms with Crippen LogP contribution < -0.4 is 5.32 Å². The van der Waals surface area contributed by atoms with E-state index < -0.39 is 0 Å². The molecule has 7 aromatic rings. The Hall–Kier alpha value is -5.08. The quantitative estimate of drug-likeness (QED) is 0.256. The van der Waals surface area contributed by atoms with Crippen molar-refractivity contribution in [2.75, 3.05) is 5.32 Å². The van der Waals surface area contributed by atoms with Gasteiger partial charge in [-0.05, 0) is 41.5 Å². The minimum atomic E-state index is 1.06. The Kier molecular flexibility index (Phi) is 5.49. The summed E-state index contributed by atoms with van der Waals surface area (Å²) in [5.41, 5.74) is 10.5. The van der Waals surface area contributed by atoms with Gasteiger partial charge >= 0.3 is 0 Å². The first-order valence-corrected chi connectivity index (χ1v) is 13.0. The SMILES string of the molecule is c1ccc(-c2ccccc2Nc2ccc3c4ccccc4n(-c4ccccc4-c4ccccc4)c3c2)cc1. The number of benzene rings is 6. The molecule has 180 valence electrons. The van der Waals surface area contributed by atoms with E-state index in [2.05, 4.69) is 162 Å². The fourth-order valence-corrected chi connectivity index (χ4v) is 5.46. The number of anilines is 2. The van der Waals surface area contributed by atoms with Crippen molar-refractivity contribution in [3.05, 3.63) is 152 Å². The van der Waals surface area contributed by atoms with E-state index in [1.54, 1.807) is 0 Å². The highest BCUT2D eigenvalue weighted by atomic mass is 15.0. The largest absolute Gasteiger partial charge is 0.355 e. The van der Waals surface area contributed by atoms with Crippen molar-refractivity contribution in [1.29, 1.82) is 0 Å². The molecule has 0 aliphatic rings. The number of para-hydroxylation sites is 3. The number of nitrogens with one attached hydrogen (secondary N) is 1. The summed E-state index contributed by atoms with van der Waals surface area (Å²) < 4.78 is 2.40. The smallest absolute Gasteiger partial charge is 0.0562 e. The van der Waals surface area contributed by atoms with Crippen LogP contribution in [0.15, 0.2) is 152 Å². The molecule has 0 saturated carbocycles. The van der Waals surface area contributed by atoms with Crippen LogP contribution in [0.2, 0.25) is 0 Å². The van der Waals surface area contributed by atoms with Gasteiger partial charge in [-0.1, -0.05) is 121 Å². The molecule has 0 atom stereocenters. The molecule has 6 aromatic carbocycles. The van der Waals surface area contributed by atoms with Gasteiger partial charge in [0.15, 0.2) is 0 Å². The molecule has 0 aliphatic carbocycles. The lowest BCUT2D eigenvalue weighted by molar-refractivity contribution is 1.18. The molecular weight excluding hydrogens is 460 g/mol. The third-order valence-corrected chi connectivity index (χ3v) is 7.19. The summed E-state index contributed by atoms with van der Waals surface area (Å²) >= 11 is 0. The number of hydrogen-bond acceptors (Lipinski definition) is 1. The second kappa shape index (κ2) is 9.42. The van der Waals surface area contributed by atoms with Gasteiger partial charge in [-0.15, -0.1) is 0 Å². The maximum Gasteiger partial charge on any atom is 0.0562 e. The van der Waals surface area contributed by atoms with Crippen LogP contribution in [-0.4, -0.2) is 4.57 Å². The topological polar surface area (TPSA) is 17.0 Å². The molecule has 1 heterocycles. The van der Waals surface area contributed by atoms with Crippen LogP contribution in [0.4, 0.5) is 11.4 Å². The van der Waals surface area contributed by atoms with Crippen LogP contribution in [-0.2, 0) is 0 Å². The van der Waals surface area contributed by atoms with E-state index in [1.807, 2.05) is 0 Å². The van der Waals surface area contributed by atoms with Crippen molar-refractivity contribution < 1.29 is 0 Å². The van der Waals surface area contributed by atoms with Gasteiger partial charge in [0.25, 0.3) is 0 Å². The van der Waals surface area contributed by atoms with Crippen molar-refractivity contribution in [3.8, 4) is 27.9 Å². The first kappa shape index (κ1) is 22.1. The molecule has 0 bridgehead atoms. The standard InChI is InChI=1S/C36H26N2/c1-3-13-26(14-4-1)29-17-7-10-20-33(29)37-28-23-24-32-31-19-9-12-22-35(31)38(36(32)25-28)34-21-11-8-18-30(34)27-15-5-2-6-16-27/h1-25,37H. The third-order valence-electron chi connectivity index (χ3n) is 7.19. The summed E-state index contributed by atoms with van der Waals surface area (Å²) in [4.78, 5) is 0. The highest BCUT2D eigenvalue weighted by Gasteiger charge is 2.16. The predicted octanol–water partition coefficient (Wildman–Crippen LogP) is 9.86. The first-order valence-electron chi connectivity index (χ1n) is 13.0. The van der Waals surface area contributed by atoms with Gasteiger partial charge in [-0.3, -0.25) is 0 Å². The Morgan fingerprint density at radius 3 is 1.79 bits per heavy atom. The third kappa shape index (κ3) is 3.84. The fourth-order valence-electron chi connectivity index (χ4n) is 5.46. The van der Waals surface area contributed by atoms with Crippen LogP contribution in [0.5, 0.6) is 0 Å². The fraction of sp³-hybridized carbons (Fsp3) is 0. The van der Waals surface area contributed by atoms with Gasteiger partial charge in [0, 0.05) is 33.3 Å². The van der Waals surface area contributed by atoms with Crippen molar-refractivity contribution in [3.63, 3.8) is 0 Å². The van der Waals surface area contributed by atoms with Gasteiger partial charge in [0.05, 0.1) is 16.7 Å². The zero-order chi connectivity index (χ0) is 25.3. The summed E-state index contributed by atoms with van der Waals surface area (Å²) in [5, 5.41) is 6.21. The Morgan fingerprint density at radius 2 is 1.00 bits per heavy atom. The molecule has 2 heteroatoms. The second-order valence-corrected chi connectivity index (χ2v) is 9.50. The average Bonchev–Trinajstić information content (AvgIpc) is 3.32. The lowest BCUT2D eigenvalue weighted by atomic mass is 10.0. The van der Waals surface area contributed by atoms with E-state index >= 15 is 0 Å². The van der Waals surface area contributed by atoms with E-state index in [9.17, 15) is 0 Å². The Morgan fingerprint density at radius 1 is 0.421 bits per heavy atom. The number of hydrogen-bond donors (Lipinski definition) is 1. The molecular formula is C36H26N2. The summed E-state index contributed by atoms with van der Waals surface area (Å²) in [6, 6.07) is 53.7. The van der Waals surface area contributed by atoms with E-state index in [0.717, 1.165) is 11.4 Å². The van der Waals surface area contributed by atoms with Crippen LogP contribution in [0.25, 0.3) is 49.7 Å². The zero-order valence-corrected chi connectivity index (χ0v) is 20.9. The van der Waals surface area contributed by atoms with E-state index in [-0.39, 0.29) is 0 Å². The van der Waals surface area contributed by atoms with Crippen LogP contribution in [0, 0.1) is 0 Å². The summed E-state index contributed by atoms with van der Waals surface area (Å²) in [6.45, 7) is 0. The molecule has 0 unspecified atom stereocenters. The second-order valence-electron chi connectivity index (χ2n) is 9.50. The molecule has 2 nitrogen and oxygen atoms in total. The highest BCUT2D eigenvalue weighted by Crippen LogP contribution is 2.38. The van der Waals surface area contributed by atoms with E-state index in [4.69, 9.17) is 0 Å². The lowest BCUT2D eigenvalue weighted by Crippen LogP contribution is -1.98. The molecule has 1 aromatic heterocycles. The molecule has 0 fully saturated rings. The highest BCUT2D eigenvalue weighted by molar-refractivity contribution is 6.10. The maximum atomic E-state index is 3.72. The van der Waals surface area contributed by atoms with Crippen LogP contribution in [0.3, 0.4) is 0 Å². The van der Waals surface area contributed by atoms with Crippen molar-refractivity contribution in [1.82, 2.24) is 4.57 Å². The van der Waals surface area contributed by atoms with Crippen LogP contribution in [0.1, 0.15) is 0 Å². The van der Waals surface area contributed by atoms with Crippen molar-refractivity contribution in [2.45, 2.75) is 0 Å². The number of fused-ring (bicyclic) bond motifs is 3. The maximum absolute atomic E-state index is 3.72. The molecule has 0 spiro atoms. The lowest BCUT2D eigenvalue weighted by Gasteiger charge is -2.15. The summed E-state index contributed by atoms with van der Waals surface area (Å²) in [7, 11) is 0. The minimum Gasteiger partial charge on any atom is -0.355 e. The average molecular weight is 487 g/mol. The first-order chi connectivity index (χ1) is 18.9. The van der Waals surface area contributed by atoms with Gasteiger partial charge in [-0.25, -0.2) is 0 Å². The number of nitrogens with zero attached hydrogens (tertiary/aromatic N) is 1. The van der Waals surface area contributed by atoms with Crippen molar-refractivity contribution in [2.24, 2.45) is 0 Å². The van der Waals surface area contributed by atoms with Gasteiger partial charge in [-0.2, -0.15) is 0 Å². The van der Waals surface area contributed by atoms with Crippen molar-refractivity contribution >= 4 is 33.2 Å². The Balaban J connectivity index is 1.42. The number of aromatic nitrogens is 1. The summed E-state index contributed by atoms with van der Waals surface area (Å²) in [5.74, 6) is 0. The van der Waals surface area contributed by atoms with Gasteiger partial charge < -0.3 is 9.88 Å². The molecule has 0 radical (unpaired) electrons. The molecule has 0 aliphatic heterocycles. The van der Waals surface area contributed by atoms with Crippen LogP contribution >= 0.6 is 0 Å². The van der Waals surface area contributed by atoms with E-state index in [1.165, 1.54) is 49.7 Å². The minimum absolute atomic E-state index is 1.06. The predicted molar refractivity (Wildman–Crippen MR) is 161 cm³/mol. The molecule has 0 saturated heterocycles. The Labute approximate surface area is 222 Å². The zero-order valence-electron chi connectivity index (χ0n) is 20.9. The Bertz CT molecular complexity index is 1880. The molecule has 7 rings (SSSR count). The number of rotatable bonds is 5. The normalized spacial score (nSPS) is 11.2. The van der Waals surface area contributed by atoms with Gasteiger partial charge in [0.1, 0.15) is 0 Å². The summed E-state index contributed by atoms with van der Waals surface area (Å²) in [6.07, 6.45) is 0. The van der Waals surface area contributed by atoms with Gasteiger partial charge in [0.2, 0.25) is 0 Å². The molecule has 0 amide bonds. The molecule has 38 heavy (non-hydrogen) atoms.